The van der Waals surface area contributed by atoms with E-state index in [1.165, 1.54) is 0 Å². The molecule has 0 unspecified atom stereocenters. The molecule has 1 aromatic heterocycles. The van der Waals surface area contributed by atoms with Gasteiger partial charge in [-0.15, -0.1) is 10.2 Å². The second-order valence-corrected chi connectivity index (χ2v) is 8.75. The molecular formula is C17H26N4O4. The standard InChI is InChI=1S/C17H26N4O4/c1-16(2,3)24-14(22)13-19-18-12-11-9-20(7-10(11)8-21(12)13)15(23)25-17(4,5)6/h10-11H,7-9H2,1-6H3/t10-,11-/m1/s1. The second kappa shape index (κ2) is 5.71. The first-order chi connectivity index (χ1) is 11.4. The predicted molar refractivity (Wildman–Crippen MR) is 89.2 cm³/mol. The van der Waals surface area contributed by atoms with Crippen molar-refractivity contribution in [1.82, 2.24) is 19.7 Å². The van der Waals surface area contributed by atoms with Crippen molar-refractivity contribution in [2.45, 2.75) is 65.2 Å². The van der Waals surface area contributed by atoms with Crippen LogP contribution in [-0.2, 0) is 16.0 Å². The van der Waals surface area contributed by atoms with Crippen molar-refractivity contribution in [3.05, 3.63) is 11.6 Å². The van der Waals surface area contributed by atoms with E-state index in [1.54, 1.807) is 4.90 Å². The summed E-state index contributed by atoms with van der Waals surface area (Å²) in [6.07, 6.45) is -0.305. The molecule has 8 nitrogen and oxygen atoms in total. The van der Waals surface area contributed by atoms with Crippen molar-refractivity contribution >= 4 is 12.1 Å². The topological polar surface area (TPSA) is 86.5 Å². The van der Waals surface area contributed by atoms with E-state index in [0.717, 1.165) is 5.82 Å². The van der Waals surface area contributed by atoms with Gasteiger partial charge in [0.1, 0.15) is 17.0 Å². The monoisotopic (exact) mass is 350 g/mol. The molecule has 2 atom stereocenters. The van der Waals surface area contributed by atoms with Crippen molar-refractivity contribution in [3.63, 3.8) is 0 Å². The summed E-state index contributed by atoms with van der Waals surface area (Å²) < 4.78 is 12.7. The molecule has 1 amide bonds. The van der Waals surface area contributed by atoms with Gasteiger partial charge in [0.15, 0.2) is 0 Å². The van der Waals surface area contributed by atoms with E-state index in [4.69, 9.17) is 9.47 Å². The van der Waals surface area contributed by atoms with E-state index in [2.05, 4.69) is 10.2 Å². The van der Waals surface area contributed by atoms with Gasteiger partial charge in [-0.05, 0) is 41.5 Å². The molecule has 0 saturated carbocycles. The molecule has 0 spiro atoms. The molecule has 0 N–H and O–H groups in total. The van der Waals surface area contributed by atoms with E-state index in [0.29, 0.717) is 19.6 Å². The maximum absolute atomic E-state index is 12.3. The van der Waals surface area contributed by atoms with Gasteiger partial charge >= 0.3 is 12.1 Å². The summed E-state index contributed by atoms with van der Waals surface area (Å²) in [5.74, 6) is 0.825. The molecule has 138 valence electrons. The van der Waals surface area contributed by atoms with E-state index in [-0.39, 0.29) is 23.8 Å². The molecular weight excluding hydrogens is 324 g/mol. The lowest BCUT2D eigenvalue weighted by atomic mass is 10.00. The zero-order chi connectivity index (χ0) is 18.6. The third kappa shape index (κ3) is 3.62. The van der Waals surface area contributed by atoms with Crippen LogP contribution >= 0.6 is 0 Å². The summed E-state index contributed by atoms with van der Waals surface area (Å²) in [6, 6.07) is 0. The zero-order valence-corrected chi connectivity index (χ0v) is 15.7. The highest BCUT2D eigenvalue weighted by Crippen LogP contribution is 2.39. The fourth-order valence-corrected chi connectivity index (χ4v) is 3.30. The summed E-state index contributed by atoms with van der Waals surface area (Å²) in [5.41, 5.74) is -1.09. The van der Waals surface area contributed by atoms with Gasteiger partial charge in [-0.1, -0.05) is 0 Å². The molecule has 25 heavy (non-hydrogen) atoms. The Morgan fingerprint density at radius 2 is 1.60 bits per heavy atom. The largest absolute Gasteiger partial charge is 0.454 e. The number of amides is 1. The predicted octanol–water partition coefficient (Wildman–Crippen LogP) is 2.20. The van der Waals surface area contributed by atoms with Crippen LogP contribution in [0.4, 0.5) is 4.79 Å². The number of esters is 1. The van der Waals surface area contributed by atoms with Crippen LogP contribution in [0.15, 0.2) is 0 Å². The SMILES string of the molecule is CC(C)(C)OC(=O)c1nnc2n1C[C@H]1CN(C(=O)OC(C)(C)C)C[C@@H]21. The number of likely N-dealkylation sites (tertiary alicyclic amines) is 1. The molecule has 1 fully saturated rings. The highest BCUT2D eigenvalue weighted by molar-refractivity contribution is 5.85. The first-order valence-electron chi connectivity index (χ1n) is 8.59. The van der Waals surface area contributed by atoms with E-state index in [1.807, 2.05) is 46.1 Å². The van der Waals surface area contributed by atoms with Gasteiger partial charge in [-0.3, -0.25) is 0 Å². The molecule has 0 bridgehead atoms. The van der Waals surface area contributed by atoms with E-state index in [9.17, 15) is 9.59 Å². The fraction of sp³-hybridized carbons (Fsp3) is 0.765. The third-order valence-corrected chi connectivity index (χ3v) is 4.20. The highest BCUT2D eigenvalue weighted by atomic mass is 16.6. The summed E-state index contributed by atoms with van der Waals surface area (Å²) in [7, 11) is 0. The highest BCUT2D eigenvalue weighted by Gasteiger charge is 2.46. The Bertz CT molecular complexity index is 698. The van der Waals surface area contributed by atoms with Gasteiger partial charge in [0.05, 0.1) is 0 Å². The minimum atomic E-state index is -0.578. The van der Waals surface area contributed by atoms with Crippen molar-refractivity contribution in [2.75, 3.05) is 13.1 Å². The van der Waals surface area contributed by atoms with Crippen molar-refractivity contribution < 1.29 is 19.1 Å². The maximum Gasteiger partial charge on any atom is 0.410 e. The molecule has 1 aromatic rings. The third-order valence-electron chi connectivity index (χ3n) is 4.20. The van der Waals surface area contributed by atoms with Crippen LogP contribution in [0.25, 0.3) is 0 Å². The number of hydrogen-bond donors (Lipinski definition) is 0. The van der Waals surface area contributed by atoms with Crippen LogP contribution in [0.5, 0.6) is 0 Å². The summed E-state index contributed by atoms with van der Waals surface area (Å²) in [5, 5.41) is 8.21. The summed E-state index contributed by atoms with van der Waals surface area (Å²) in [6.45, 7) is 12.8. The van der Waals surface area contributed by atoms with Gasteiger partial charge in [-0.2, -0.15) is 0 Å². The van der Waals surface area contributed by atoms with E-state index < -0.39 is 17.2 Å². The number of ether oxygens (including phenoxy) is 2. The average Bonchev–Trinajstić information content (AvgIpc) is 3.03. The molecule has 2 aliphatic heterocycles. The Hall–Kier alpha value is -2.12. The zero-order valence-electron chi connectivity index (χ0n) is 15.7. The number of carbonyl (C=O) groups is 2. The van der Waals surface area contributed by atoms with Crippen LogP contribution in [0.3, 0.4) is 0 Å². The van der Waals surface area contributed by atoms with Crippen LogP contribution in [0.1, 0.15) is 63.9 Å². The van der Waals surface area contributed by atoms with Crippen molar-refractivity contribution in [2.24, 2.45) is 5.92 Å². The minimum absolute atomic E-state index is 0.0798. The Labute approximate surface area is 147 Å². The minimum Gasteiger partial charge on any atom is -0.454 e. The Morgan fingerprint density at radius 3 is 2.20 bits per heavy atom. The maximum atomic E-state index is 12.3. The van der Waals surface area contributed by atoms with E-state index >= 15 is 0 Å². The molecule has 3 rings (SSSR count). The number of hydrogen-bond acceptors (Lipinski definition) is 6. The Kier molecular flexibility index (Phi) is 4.04. The number of fused-ring (bicyclic) bond motifs is 3. The van der Waals surface area contributed by atoms with Crippen LogP contribution in [0, 0.1) is 5.92 Å². The Morgan fingerprint density at radius 1 is 0.960 bits per heavy atom. The van der Waals surface area contributed by atoms with Crippen LogP contribution < -0.4 is 0 Å². The number of carbonyl (C=O) groups excluding carboxylic acids is 2. The molecule has 8 heteroatoms. The lowest BCUT2D eigenvalue weighted by Crippen LogP contribution is -2.36. The number of rotatable bonds is 1. The second-order valence-electron chi connectivity index (χ2n) is 8.75. The van der Waals surface area contributed by atoms with Gasteiger partial charge in [0.2, 0.25) is 5.82 Å². The summed E-state index contributed by atoms with van der Waals surface area (Å²) in [4.78, 5) is 26.3. The quantitative estimate of drug-likeness (QED) is 0.722. The first kappa shape index (κ1) is 17.7. The average molecular weight is 350 g/mol. The van der Waals surface area contributed by atoms with Crippen molar-refractivity contribution in [1.29, 1.82) is 0 Å². The number of aromatic nitrogens is 3. The lowest BCUT2D eigenvalue weighted by Gasteiger charge is -2.24. The lowest BCUT2D eigenvalue weighted by molar-refractivity contribution is 0.00481. The molecule has 1 saturated heterocycles. The molecule has 3 heterocycles. The Balaban J connectivity index is 1.72. The first-order valence-corrected chi connectivity index (χ1v) is 8.59. The molecule has 0 aromatic carbocycles. The van der Waals surface area contributed by atoms with Crippen molar-refractivity contribution in [3.8, 4) is 0 Å². The smallest absolute Gasteiger partial charge is 0.410 e. The van der Waals surface area contributed by atoms with Gasteiger partial charge in [-0.25, -0.2) is 9.59 Å². The van der Waals surface area contributed by atoms with Gasteiger partial charge in [0.25, 0.3) is 0 Å². The fourth-order valence-electron chi connectivity index (χ4n) is 3.30. The molecule has 0 aliphatic carbocycles. The van der Waals surface area contributed by atoms with Crippen LogP contribution in [0.2, 0.25) is 0 Å². The normalized spacial score (nSPS) is 22.6. The van der Waals surface area contributed by atoms with Gasteiger partial charge < -0.3 is 18.9 Å². The molecule has 0 radical (unpaired) electrons. The summed E-state index contributed by atoms with van der Waals surface area (Å²) >= 11 is 0. The van der Waals surface area contributed by atoms with Crippen LogP contribution in [-0.4, -0.2) is 56.0 Å². The van der Waals surface area contributed by atoms with Gasteiger partial charge in [0, 0.05) is 31.5 Å². The molecule has 2 aliphatic rings. The number of nitrogens with zero attached hydrogens (tertiary/aromatic N) is 4.